The molecule has 0 radical (unpaired) electrons. The highest BCUT2D eigenvalue weighted by molar-refractivity contribution is 7.89. The van der Waals surface area contributed by atoms with E-state index in [0.717, 1.165) is 10.5 Å². The molecule has 1 atom stereocenters. The number of urea groups is 1. The third-order valence-corrected chi connectivity index (χ3v) is 7.71. The lowest BCUT2D eigenvalue weighted by atomic mass is 9.87. The Morgan fingerprint density at radius 2 is 1.74 bits per heavy atom. The highest BCUT2D eigenvalue weighted by Gasteiger charge is 2.51. The first-order valence-corrected chi connectivity index (χ1v) is 11.7. The lowest BCUT2D eigenvalue weighted by molar-refractivity contribution is -0.132. The summed E-state index contributed by atoms with van der Waals surface area (Å²) >= 11 is 0. The van der Waals surface area contributed by atoms with Gasteiger partial charge in [-0.05, 0) is 29.7 Å². The van der Waals surface area contributed by atoms with Gasteiger partial charge in [0.25, 0.3) is 5.91 Å². The second-order valence-electron chi connectivity index (χ2n) is 7.61. The van der Waals surface area contributed by atoms with Crippen molar-refractivity contribution in [2.24, 2.45) is 0 Å². The molecule has 2 fully saturated rings. The first-order chi connectivity index (χ1) is 14.9. The van der Waals surface area contributed by atoms with Crippen LogP contribution in [0.15, 0.2) is 59.5 Å². The van der Waals surface area contributed by atoms with E-state index >= 15 is 0 Å². The van der Waals surface area contributed by atoms with Gasteiger partial charge in [-0.25, -0.2) is 13.2 Å². The molecule has 31 heavy (non-hydrogen) atoms. The molecule has 164 valence electrons. The number of sulfonamides is 1. The van der Waals surface area contributed by atoms with Crippen molar-refractivity contribution in [3.05, 3.63) is 65.7 Å². The van der Waals surface area contributed by atoms with Crippen molar-refractivity contribution in [2.45, 2.75) is 30.3 Å². The molecule has 4 rings (SSSR count). The number of carbonyl (C=O) groups excluding carboxylic acids is 2. The second-order valence-corrected chi connectivity index (χ2v) is 9.55. The van der Waals surface area contributed by atoms with Crippen molar-refractivity contribution in [3.8, 4) is 0 Å². The van der Waals surface area contributed by atoms with E-state index in [1.54, 1.807) is 12.1 Å². The normalized spacial score (nSPS) is 22.5. The van der Waals surface area contributed by atoms with E-state index < -0.39 is 21.6 Å². The Balaban J connectivity index is 1.59. The van der Waals surface area contributed by atoms with Crippen molar-refractivity contribution in [1.82, 2.24) is 14.5 Å². The average Bonchev–Trinajstić information content (AvgIpc) is 3.05. The van der Waals surface area contributed by atoms with E-state index in [1.165, 1.54) is 16.4 Å². The fourth-order valence-corrected chi connectivity index (χ4v) is 5.53. The van der Waals surface area contributed by atoms with Gasteiger partial charge in [-0.3, -0.25) is 9.69 Å². The minimum Gasteiger partial charge on any atom is -0.379 e. The second kappa shape index (κ2) is 8.41. The van der Waals surface area contributed by atoms with Gasteiger partial charge in [0.1, 0.15) is 5.54 Å². The quantitative estimate of drug-likeness (QED) is 0.690. The lowest BCUT2D eigenvalue weighted by Gasteiger charge is -2.26. The molecule has 2 aliphatic rings. The van der Waals surface area contributed by atoms with Crippen molar-refractivity contribution in [2.75, 3.05) is 26.3 Å². The van der Waals surface area contributed by atoms with Crippen LogP contribution in [0.2, 0.25) is 0 Å². The molecule has 2 saturated heterocycles. The van der Waals surface area contributed by atoms with E-state index in [2.05, 4.69) is 5.32 Å². The Hall–Kier alpha value is -2.75. The summed E-state index contributed by atoms with van der Waals surface area (Å²) in [5.41, 5.74) is 0.176. The summed E-state index contributed by atoms with van der Waals surface area (Å²) in [6, 6.07) is 15.1. The van der Waals surface area contributed by atoms with E-state index in [1.807, 2.05) is 37.3 Å². The molecule has 0 saturated carbocycles. The van der Waals surface area contributed by atoms with Crippen LogP contribution in [0.25, 0.3) is 0 Å². The molecule has 0 unspecified atom stereocenters. The third-order valence-electron chi connectivity index (χ3n) is 5.82. The van der Waals surface area contributed by atoms with Gasteiger partial charge in [-0.1, -0.05) is 49.4 Å². The number of amides is 3. The maximum absolute atomic E-state index is 13.3. The van der Waals surface area contributed by atoms with Gasteiger partial charge in [0.2, 0.25) is 10.0 Å². The Morgan fingerprint density at radius 3 is 2.42 bits per heavy atom. The van der Waals surface area contributed by atoms with Crippen LogP contribution in [0, 0.1) is 0 Å². The monoisotopic (exact) mass is 443 g/mol. The van der Waals surface area contributed by atoms with Gasteiger partial charge in [0.15, 0.2) is 0 Å². The average molecular weight is 444 g/mol. The molecule has 0 aromatic heterocycles. The number of carbonyl (C=O) groups is 2. The molecular weight excluding hydrogens is 418 g/mol. The van der Waals surface area contributed by atoms with Crippen molar-refractivity contribution in [1.29, 1.82) is 0 Å². The van der Waals surface area contributed by atoms with Crippen LogP contribution in [0.1, 0.15) is 24.5 Å². The van der Waals surface area contributed by atoms with Crippen LogP contribution >= 0.6 is 0 Å². The van der Waals surface area contributed by atoms with Crippen LogP contribution in [0.3, 0.4) is 0 Å². The van der Waals surface area contributed by atoms with Crippen molar-refractivity contribution < 1.29 is 22.7 Å². The number of ether oxygens (including phenoxy) is 1. The molecule has 2 aromatic rings. The van der Waals surface area contributed by atoms with Crippen LogP contribution < -0.4 is 5.32 Å². The van der Waals surface area contributed by atoms with Gasteiger partial charge in [0, 0.05) is 13.1 Å². The molecule has 2 aromatic carbocycles. The van der Waals surface area contributed by atoms with E-state index in [9.17, 15) is 18.0 Å². The summed E-state index contributed by atoms with van der Waals surface area (Å²) < 4.78 is 32.5. The van der Waals surface area contributed by atoms with Crippen LogP contribution in [0.5, 0.6) is 0 Å². The Bertz CT molecular complexity index is 1080. The van der Waals surface area contributed by atoms with E-state index in [-0.39, 0.29) is 17.3 Å². The summed E-state index contributed by atoms with van der Waals surface area (Å²) in [7, 11) is -3.67. The number of benzene rings is 2. The maximum Gasteiger partial charge on any atom is 0.325 e. The summed E-state index contributed by atoms with van der Waals surface area (Å²) in [5, 5.41) is 2.85. The Kier molecular flexibility index (Phi) is 5.83. The summed E-state index contributed by atoms with van der Waals surface area (Å²) in [5.74, 6) is -0.340. The minimum absolute atomic E-state index is 0.00821. The fraction of sp³-hybridized carbons (Fsp3) is 0.364. The largest absolute Gasteiger partial charge is 0.379 e. The molecule has 2 aliphatic heterocycles. The molecule has 0 aliphatic carbocycles. The number of rotatable bonds is 6. The molecule has 1 N–H and O–H groups in total. The predicted molar refractivity (Wildman–Crippen MR) is 114 cm³/mol. The highest BCUT2D eigenvalue weighted by Crippen LogP contribution is 2.33. The predicted octanol–water partition coefficient (Wildman–Crippen LogP) is 2.06. The summed E-state index contributed by atoms with van der Waals surface area (Å²) in [6.45, 7) is 3.17. The third kappa shape index (κ3) is 3.84. The number of hydrogen-bond acceptors (Lipinski definition) is 5. The van der Waals surface area contributed by atoms with Crippen molar-refractivity contribution in [3.63, 3.8) is 0 Å². The van der Waals surface area contributed by atoms with Gasteiger partial charge >= 0.3 is 6.03 Å². The Morgan fingerprint density at radius 1 is 1.03 bits per heavy atom. The van der Waals surface area contributed by atoms with Crippen LogP contribution in [-0.4, -0.2) is 55.9 Å². The molecule has 0 bridgehead atoms. The first kappa shape index (κ1) is 21.5. The number of imide groups is 1. The highest BCUT2D eigenvalue weighted by atomic mass is 32.2. The van der Waals surface area contributed by atoms with Crippen molar-refractivity contribution >= 4 is 22.0 Å². The smallest absolute Gasteiger partial charge is 0.325 e. The lowest BCUT2D eigenvalue weighted by Crippen LogP contribution is -2.43. The van der Waals surface area contributed by atoms with Crippen LogP contribution in [-0.2, 0) is 31.6 Å². The SMILES string of the molecule is CC[C@@]1(c2ccccc2)NC(=O)N(Cc2cccc(S(=O)(=O)N3CCOCC3)c2)C1=O. The molecule has 0 spiro atoms. The summed E-state index contributed by atoms with van der Waals surface area (Å²) in [6.07, 6.45) is 0.406. The van der Waals surface area contributed by atoms with E-state index in [0.29, 0.717) is 38.3 Å². The number of hydrogen-bond donors (Lipinski definition) is 1. The zero-order valence-electron chi connectivity index (χ0n) is 17.3. The first-order valence-electron chi connectivity index (χ1n) is 10.2. The zero-order valence-corrected chi connectivity index (χ0v) is 18.1. The standard InChI is InChI=1S/C22H25N3O5S/c1-2-22(18-8-4-3-5-9-18)20(26)25(21(27)23-22)16-17-7-6-10-19(15-17)31(28,29)24-11-13-30-14-12-24/h3-10,15H,2,11-14,16H2,1H3,(H,23,27)/t22-/m0/s1. The molecule has 9 heteroatoms. The number of nitrogens with one attached hydrogen (secondary N) is 1. The van der Waals surface area contributed by atoms with Crippen LogP contribution in [0.4, 0.5) is 4.79 Å². The topological polar surface area (TPSA) is 96.0 Å². The molecule has 3 amide bonds. The van der Waals surface area contributed by atoms with Gasteiger partial charge < -0.3 is 10.1 Å². The van der Waals surface area contributed by atoms with Gasteiger partial charge in [-0.2, -0.15) is 4.31 Å². The fourth-order valence-electron chi connectivity index (χ4n) is 4.05. The van der Waals surface area contributed by atoms with Gasteiger partial charge in [-0.15, -0.1) is 0 Å². The minimum atomic E-state index is -3.67. The zero-order chi connectivity index (χ0) is 22.1. The molecule has 2 heterocycles. The molecular formula is C22H25N3O5S. The van der Waals surface area contributed by atoms with E-state index in [4.69, 9.17) is 4.74 Å². The number of nitrogens with zero attached hydrogens (tertiary/aromatic N) is 2. The van der Waals surface area contributed by atoms with Gasteiger partial charge in [0.05, 0.1) is 24.7 Å². The summed E-state index contributed by atoms with van der Waals surface area (Å²) in [4.78, 5) is 27.3. The Labute approximate surface area is 181 Å². The number of morpholine rings is 1. The maximum atomic E-state index is 13.3. The molecule has 8 nitrogen and oxygen atoms in total.